The highest BCUT2D eigenvalue weighted by Crippen LogP contribution is 2.36. The summed E-state index contributed by atoms with van der Waals surface area (Å²) < 4.78 is 6.64. The predicted octanol–water partition coefficient (Wildman–Crippen LogP) is 2.27. The molecule has 0 fully saturated rings. The molecule has 24 heavy (non-hydrogen) atoms. The second kappa shape index (κ2) is 7.62. The summed E-state index contributed by atoms with van der Waals surface area (Å²) in [6.45, 7) is 8.73. The van der Waals surface area contributed by atoms with E-state index in [0.717, 1.165) is 0 Å². The van der Waals surface area contributed by atoms with Gasteiger partial charge in [0.1, 0.15) is 0 Å². The van der Waals surface area contributed by atoms with Crippen LogP contribution in [-0.2, 0) is 4.43 Å². The second-order valence-corrected chi connectivity index (χ2v) is 11.7. The van der Waals surface area contributed by atoms with E-state index in [1.165, 1.54) is 10.4 Å². The Morgan fingerprint density at radius 2 is 1.38 bits per heavy atom. The quantitative estimate of drug-likeness (QED) is 0.791. The predicted molar refractivity (Wildman–Crippen MR) is 103 cm³/mol. The minimum Gasteiger partial charge on any atom is -0.406 e. The van der Waals surface area contributed by atoms with Crippen molar-refractivity contribution in [2.75, 3.05) is 6.61 Å². The van der Waals surface area contributed by atoms with Crippen molar-refractivity contribution in [1.82, 2.24) is 0 Å². The molecule has 0 saturated heterocycles. The maximum atomic E-state index is 9.77. The Bertz CT molecular complexity index is 584. The van der Waals surface area contributed by atoms with Crippen molar-refractivity contribution in [3.05, 3.63) is 60.7 Å². The minimum atomic E-state index is -2.55. The molecule has 2 rings (SSSR count). The summed E-state index contributed by atoms with van der Waals surface area (Å²) in [7, 11) is -2.55. The van der Waals surface area contributed by atoms with Gasteiger partial charge in [-0.2, -0.15) is 0 Å². The molecule has 0 amide bonds. The maximum Gasteiger partial charge on any atom is 0.261 e. The van der Waals surface area contributed by atoms with E-state index in [-0.39, 0.29) is 5.04 Å². The number of hydrogen-bond donors (Lipinski definition) is 2. The van der Waals surface area contributed by atoms with Crippen molar-refractivity contribution in [2.45, 2.75) is 44.9 Å². The van der Waals surface area contributed by atoms with Crippen LogP contribution in [-0.4, -0.2) is 32.2 Å². The molecule has 2 aromatic rings. The van der Waals surface area contributed by atoms with E-state index in [9.17, 15) is 5.11 Å². The first-order valence-electron chi connectivity index (χ1n) is 8.47. The van der Waals surface area contributed by atoms with Crippen LogP contribution in [0.5, 0.6) is 0 Å². The van der Waals surface area contributed by atoms with Crippen LogP contribution in [0.1, 0.15) is 27.7 Å². The third kappa shape index (κ3) is 3.78. The zero-order chi connectivity index (χ0) is 17.8. The highest BCUT2D eigenvalue weighted by Gasteiger charge is 2.50. The van der Waals surface area contributed by atoms with Gasteiger partial charge < -0.3 is 15.3 Å². The normalized spacial score (nSPS) is 15.1. The third-order valence-corrected chi connectivity index (χ3v) is 9.53. The van der Waals surface area contributed by atoms with Gasteiger partial charge in [0.2, 0.25) is 0 Å². The Kier molecular flexibility index (Phi) is 5.99. The molecular weight excluding hydrogens is 314 g/mol. The first-order chi connectivity index (χ1) is 11.3. The van der Waals surface area contributed by atoms with E-state index in [4.69, 9.17) is 10.2 Å². The van der Waals surface area contributed by atoms with Crippen molar-refractivity contribution >= 4 is 18.7 Å². The molecule has 0 heterocycles. The topological polar surface area (TPSA) is 55.5 Å². The minimum absolute atomic E-state index is 0.0753. The summed E-state index contributed by atoms with van der Waals surface area (Å²) in [5.74, 6) is 0. The average molecular weight is 344 g/mol. The summed E-state index contributed by atoms with van der Waals surface area (Å²) >= 11 is 0. The Morgan fingerprint density at radius 1 is 0.958 bits per heavy atom. The fourth-order valence-corrected chi connectivity index (χ4v) is 7.72. The van der Waals surface area contributed by atoms with Gasteiger partial charge in [-0.25, -0.2) is 0 Å². The zero-order valence-electron chi connectivity index (χ0n) is 15.1. The third-order valence-electron chi connectivity index (χ3n) is 4.53. The van der Waals surface area contributed by atoms with Crippen LogP contribution < -0.4 is 16.1 Å². The van der Waals surface area contributed by atoms with E-state index in [1.807, 2.05) is 12.1 Å². The molecule has 2 atom stereocenters. The van der Waals surface area contributed by atoms with Crippen molar-refractivity contribution in [2.24, 2.45) is 5.73 Å². The zero-order valence-corrected chi connectivity index (χ0v) is 16.1. The van der Waals surface area contributed by atoms with Gasteiger partial charge in [-0.3, -0.25) is 0 Å². The molecule has 0 bridgehead atoms. The van der Waals surface area contributed by atoms with Crippen molar-refractivity contribution in [1.29, 1.82) is 0 Å². The van der Waals surface area contributed by atoms with Gasteiger partial charge in [0, 0.05) is 0 Å². The Hall–Kier alpha value is -1.46. The van der Waals surface area contributed by atoms with Gasteiger partial charge >= 0.3 is 0 Å². The number of hydrogen-bond acceptors (Lipinski definition) is 3. The second-order valence-electron chi connectivity index (χ2n) is 7.38. The molecule has 0 aliphatic rings. The van der Waals surface area contributed by atoms with Gasteiger partial charge in [0.25, 0.3) is 8.32 Å². The monoisotopic (exact) mass is 343 g/mol. The maximum absolute atomic E-state index is 9.77. The van der Waals surface area contributed by atoms with Crippen LogP contribution in [0.25, 0.3) is 0 Å². The van der Waals surface area contributed by atoms with Gasteiger partial charge in [0.15, 0.2) is 0 Å². The Morgan fingerprint density at radius 3 is 1.71 bits per heavy atom. The number of benzene rings is 2. The van der Waals surface area contributed by atoms with Gasteiger partial charge in [-0.05, 0) is 22.3 Å². The molecular formula is C20H29NO2Si. The van der Waals surface area contributed by atoms with Crippen LogP contribution >= 0.6 is 0 Å². The molecule has 3 nitrogen and oxygen atoms in total. The fraction of sp³-hybridized carbons (Fsp3) is 0.400. The van der Waals surface area contributed by atoms with Gasteiger partial charge in [-0.15, -0.1) is 0 Å². The number of aliphatic hydroxyl groups is 1. The van der Waals surface area contributed by atoms with E-state index in [2.05, 4.69) is 69.3 Å². The molecule has 0 spiro atoms. The summed E-state index contributed by atoms with van der Waals surface area (Å²) in [5.41, 5.74) is 6.07. The molecule has 0 saturated carbocycles. The van der Waals surface area contributed by atoms with E-state index in [1.54, 1.807) is 6.92 Å². The number of nitrogens with two attached hydrogens (primary N) is 1. The molecule has 3 N–H and O–H groups in total. The lowest BCUT2D eigenvalue weighted by Gasteiger charge is -2.43. The fourth-order valence-electron chi connectivity index (χ4n) is 3.12. The molecule has 0 aromatic heterocycles. The lowest BCUT2D eigenvalue weighted by atomic mass is 10.2. The standard InChI is InChI=1S/C20H29NO2Si/c1-16(22)19(21)15-23-24(20(2,3)4,17-11-7-5-8-12-17)18-13-9-6-10-14-18/h5-14,16,19,22H,15,21H2,1-4H3. The lowest BCUT2D eigenvalue weighted by molar-refractivity contribution is 0.128. The van der Waals surface area contributed by atoms with Crippen molar-refractivity contribution in [3.63, 3.8) is 0 Å². The molecule has 0 aliphatic carbocycles. The first kappa shape index (κ1) is 18.9. The van der Waals surface area contributed by atoms with Gasteiger partial charge in [0.05, 0.1) is 18.8 Å². The van der Waals surface area contributed by atoms with Gasteiger partial charge in [-0.1, -0.05) is 81.4 Å². The Balaban J connectivity index is 2.57. The van der Waals surface area contributed by atoms with Crippen molar-refractivity contribution < 1.29 is 9.53 Å². The summed E-state index contributed by atoms with van der Waals surface area (Å²) in [6, 6.07) is 20.5. The van der Waals surface area contributed by atoms with Crippen LogP contribution in [0.2, 0.25) is 5.04 Å². The van der Waals surface area contributed by atoms with Crippen LogP contribution in [0.4, 0.5) is 0 Å². The SMILES string of the molecule is CC(O)C(N)CO[Si](c1ccccc1)(c1ccccc1)C(C)(C)C. The highest BCUT2D eigenvalue weighted by atomic mass is 28.4. The molecule has 4 heteroatoms. The Labute approximate surface area is 146 Å². The summed E-state index contributed by atoms with van der Waals surface area (Å²) in [6.07, 6.45) is -0.594. The molecule has 2 unspecified atom stereocenters. The smallest absolute Gasteiger partial charge is 0.261 e. The molecule has 0 radical (unpaired) electrons. The molecule has 130 valence electrons. The largest absolute Gasteiger partial charge is 0.406 e. The number of aliphatic hydroxyl groups excluding tert-OH is 1. The van der Waals surface area contributed by atoms with E-state index < -0.39 is 20.5 Å². The molecule has 2 aromatic carbocycles. The first-order valence-corrected chi connectivity index (χ1v) is 10.4. The number of rotatable bonds is 6. The highest BCUT2D eigenvalue weighted by molar-refractivity contribution is 6.99. The van der Waals surface area contributed by atoms with Crippen LogP contribution in [0, 0.1) is 0 Å². The van der Waals surface area contributed by atoms with Crippen molar-refractivity contribution in [3.8, 4) is 0 Å². The van der Waals surface area contributed by atoms with Crippen LogP contribution in [0.3, 0.4) is 0 Å². The average Bonchev–Trinajstić information content (AvgIpc) is 2.56. The lowest BCUT2D eigenvalue weighted by Crippen LogP contribution is -2.67. The summed E-state index contributed by atoms with van der Waals surface area (Å²) in [4.78, 5) is 0. The van der Waals surface area contributed by atoms with E-state index >= 15 is 0 Å². The molecule has 0 aliphatic heterocycles. The van der Waals surface area contributed by atoms with E-state index in [0.29, 0.717) is 6.61 Å². The summed E-state index contributed by atoms with van der Waals surface area (Å²) in [5, 5.41) is 12.1. The van der Waals surface area contributed by atoms with Crippen LogP contribution in [0.15, 0.2) is 60.7 Å².